The fourth-order valence-corrected chi connectivity index (χ4v) is 2.23. The number of rotatable bonds is 4. The lowest BCUT2D eigenvalue weighted by atomic mass is 10.2. The highest BCUT2D eigenvalue weighted by Crippen LogP contribution is 2.17. The molecule has 22 heavy (non-hydrogen) atoms. The van der Waals surface area contributed by atoms with Crippen molar-refractivity contribution in [1.82, 2.24) is 9.78 Å². The van der Waals surface area contributed by atoms with Crippen LogP contribution in [0.2, 0.25) is 5.02 Å². The van der Waals surface area contributed by atoms with Crippen LogP contribution >= 0.6 is 11.6 Å². The van der Waals surface area contributed by atoms with Gasteiger partial charge in [-0.1, -0.05) is 35.9 Å². The van der Waals surface area contributed by atoms with Crippen molar-refractivity contribution in [2.75, 3.05) is 0 Å². The summed E-state index contributed by atoms with van der Waals surface area (Å²) >= 11 is 5.97. The van der Waals surface area contributed by atoms with Crippen molar-refractivity contribution in [3.8, 4) is 5.69 Å². The van der Waals surface area contributed by atoms with Crippen LogP contribution in [0.3, 0.4) is 0 Å². The van der Waals surface area contributed by atoms with Crippen LogP contribution in [0.15, 0.2) is 67.0 Å². The summed E-state index contributed by atoms with van der Waals surface area (Å²) in [4.78, 5) is 12.0. The quantitative estimate of drug-likeness (QED) is 0.687. The van der Waals surface area contributed by atoms with Gasteiger partial charge in [-0.2, -0.15) is 5.10 Å². The molecule has 0 bridgehead atoms. The number of hydrogen-bond acceptors (Lipinski definition) is 3. The molecular weight excluding hydrogens is 300 g/mol. The third-order valence-corrected chi connectivity index (χ3v) is 3.50. The molecule has 0 unspecified atom stereocenters. The van der Waals surface area contributed by atoms with Gasteiger partial charge >= 0.3 is 5.97 Å². The molecule has 110 valence electrons. The molecule has 0 fully saturated rings. The molecule has 0 atom stereocenters. The highest BCUT2D eigenvalue weighted by atomic mass is 35.5. The summed E-state index contributed by atoms with van der Waals surface area (Å²) in [6, 6.07) is 16.3. The van der Waals surface area contributed by atoms with Crippen molar-refractivity contribution in [3.63, 3.8) is 0 Å². The van der Waals surface area contributed by atoms with E-state index in [1.54, 1.807) is 35.1 Å². The Balaban J connectivity index is 1.64. The Bertz CT molecular complexity index is 768. The van der Waals surface area contributed by atoms with E-state index in [2.05, 4.69) is 5.10 Å². The van der Waals surface area contributed by atoms with E-state index in [1.165, 1.54) is 0 Å². The molecule has 3 aromatic rings. The van der Waals surface area contributed by atoms with Gasteiger partial charge in [-0.15, -0.1) is 0 Å². The zero-order chi connectivity index (χ0) is 15.4. The van der Waals surface area contributed by atoms with Crippen LogP contribution < -0.4 is 0 Å². The number of esters is 1. The molecule has 1 heterocycles. The van der Waals surface area contributed by atoms with E-state index >= 15 is 0 Å². The van der Waals surface area contributed by atoms with Gasteiger partial charge in [0.1, 0.15) is 6.61 Å². The van der Waals surface area contributed by atoms with Crippen LogP contribution in [0.4, 0.5) is 0 Å². The summed E-state index contributed by atoms with van der Waals surface area (Å²) in [5, 5.41) is 4.55. The molecule has 0 saturated carbocycles. The summed E-state index contributed by atoms with van der Waals surface area (Å²) in [6.07, 6.45) is 3.59. The fourth-order valence-electron chi connectivity index (χ4n) is 2.02. The second kappa shape index (κ2) is 6.45. The van der Waals surface area contributed by atoms with Gasteiger partial charge in [0.25, 0.3) is 0 Å². The standard InChI is InChI=1S/C17H13ClN2O2/c18-16-5-2-1-4-15(16)17(21)22-12-13-6-8-14(9-7-13)20-11-3-10-19-20/h1-11H,12H2. The van der Waals surface area contributed by atoms with Crippen molar-refractivity contribution in [1.29, 1.82) is 0 Å². The minimum atomic E-state index is -0.429. The SMILES string of the molecule is O=C(OCc1ccc(-n2cccn2)cc1)c1ccccc1Cl. The molecule has 0 spiro atoms. The van der Waals surface area contributed by atoms with Crippen molar-refractivity contribution in [2.24, 2.45) is 0 Å². The van der Waals surface area contributed by atoms with Crippen molar-refractivity contribution < 1.29 is 9.53 Å². The molecule has 0 aliphatic carbocycles. The highest BCUT2D eigenvalue weighted by Gasteiger charge is 2.11. The summed E-state index contributed by atoms with van der Waals surface area (Å²) < 4.78 is 7.04. The predicted octanol–water partition coefficient (Wildman–Crippen LogP) is 3.88. The largest absolute Gasteiger partial charge is 0.457 e. The van der Waals surface area contributed by atoms with Gasteiger partial charge < -0.3 is 4.74 Å². The van der Waals surface area contributed by atoms with Crippen LogP contribution in [0.25, 0.3) is 5.69 Å². The maximum Gasteiger partial charge on any atom is 0.339 e. The van der Waals surface area contributed by atoms with Crippen LogP contribution in [-0.4, -0.2) is 15.7 Å². The Morgan fingerprint density at radius 3 is 2.55 bits per heavy atom. The van der Waals surface area contributed by atoms with Crippen LogP contribution in [0.1, 0.15) is 15.9 Å². The lowest BCUT2D eigenvalue weighted by Crippen LogP contribution is -2.06. The van der Waals surface area contributed by atoms with Crippen LogP contribution in [0, 0.1) is 0 Å². The average molecular weight is 313 g/mol. The fraction of sp³-hybridized carbons (Fsp3) is 0.0588. The maximum atomic E-state index is 12.0. The van der Waals surface area contributed by atoms with E-state index in [1.807, 2.05) is 36.5 Å². The molecule has 0 N–H and O–H groups in total. The number of benzene rings is 2. The van der Waals surface area contributed by atoms with E-state index in [4.69, 9.17) is 16.3 Å². The Hall–Kier alpha value is -2.59. The first kappa shape index (κ1) is 14.4. The summed E-state index contributed by atoms with van der Waals surface area (Å²) in [7, 11) is 0. The lowest BCUT2D eigenvalue weighted by Gasteiger charge is -2.07. The topological polar surface area (TPSA) is 44.1 Å². The zero-order valence-electron chi connectivity index (χ0n) is 11.6. The number of aromatic nitrogens is 2. The summed E-state index contributed by atoms with van der Waals surface area (Å²) in [5.74, 6) is -0.429. The minimum absolute atomic E-state index is 0.198. The van der Waals surface area contributed by atoms with Gasteiger partial charge in [0.2, 0.25) is 0 Å². The molecule has 0 amide bonds. The van der Waals surface area contributed by atoms with Gasteiger partial charge in [0, 0.05) is 12.4 Å². The molecule has 0 saturated heterocycles. The Labute approximate surface area is 132 Å². The predicted molar refractivity (Wildman–Crippen MR) is 84.1 cm³/mol. The zero-order valence-corrected chi connectivity index (χ0v) is 12.4. The number of carbonyl (C=O) groups excluding carboxylic acids is 1. The van der Waals surface area contributed by atoms with Gasteiger partial charge in [0.15, 0.2) is 0 Å². The Morgan fingerprint density at radius 1 is 1.09 bits per heavy atom. The highest BCUT2D eigenvalue weighted by molar-refractivity contribution is 6.33. The van der Waals surface area contributed by atoms with Gasteiger partial charge in [0.05, 0.1) is 16.3 Å². The third-order valence-electron chi connectivity index (χ3n) is 3.17. The first-order valence-corrected chi connectivity index (χ1v) is 7.12. The molecule has 1 aromatic heterocycles. The molecule has 0 radical (unpaired) electrons. The van der Waals surface area contributed by atoms with E-state index in [9.17, 15) is 4.79 Å². The summed E-state index contributed by atoms with van der Waals surface area (Å²) in [6.45, 7) is 0.198. The Morgan fingerprint density at radius 2 is 1.86 bits per heavy atom. The molecule has 4 nitrogen and oxygen atoms in total. The number of ether oxygens (including phenoxy) is 1. The molecule has 3 rings (SSSR count). The number of hydrogen-bond donors (Lipinski definition) is 0. The molecule has 0 aliphatic heterocycles. The third kappa shape index (κ3) is 3.18. The minimum Gasteiger partial charge on any atom is -0.457 e. The van der Waals surface area contributed by atoms with Crippen LogP contribution in [-0.2, 0) is 11.3 Å². The first-order chi connectivity index (χ1) is 10.7. The number of halogens is 1. The normalized spacial score (nSPS) is 10.4. The van der Waals surface area contributed by atoms with Crippen molar-refractivity contribution in [2.45, 2.75) is 6.61 Å². The van der Waals surface area contributed by atoms with Crippen molar-refractivity contribution in [3.05, 3.63) is 83.1 Å². The molecule has 5 heteroatoms. The van der Waals surface area contributed by atoms with E-state index in [-0.39, 0.29) is 6.61 Å². The molecule has 0 aliphatic rings. The first-order valence-electron chi connectivity index (χ1n) is 6.74. The van der Waals surface area contributed by atoms with E-state index in [0.29, 0.717) is 10.6 Å². The second-order valence-electron chi connectivity index (χ2n) is 4.67. The van der Waals surface area contributed by atoms with E-state index in [0.717, 1.165) is 11.3 Å². The number of nitrogens with zero attached hydrogens (tertiary/aromatic N) is 2. The van der Waals surface area contributed by atoms with E-state index < -0.39 is 5.97 Å². The molecule has 2 aromatic carbocycles. The second-order valence-corrected chi connectivity index (χ2v) is 5.08. The Kier molecular flexibility index (Phi) is 4.21. The smallest absolute Gasteiger partial charge is 0.339 e. The van der Waals surface area contributed by atoms with Crippen LogP contribution in [0.5, 0.6) is 0 Å². The maximum absolute atomic E-state index is 12.0. The van der Waals surface area contributed by atoms with Gasteiger partial charge in [-0.25, -0.2) is 9.48 Å². The molecular formula is C17H13ClN2O2. The number of carbonyl (C=O) groups is 1. The summed E-state index contributed by atoms with van der Waals surface area (Å²) in [5.41, 5.74) is 2.22. The lowest BCUT2D eigenvalue weighted by molar-refractivity contribution is 0.0473. The average Bonchev–Trinajstić information content (AvgIpc) is 3.08. The van der Waals surface area contributed by atoms with Gasteiger partial charge in [-0.3, -0.25) is 0 Å². The monoisotopic (exact) mass is 312 g/mol. The van der Waals surface area contributed by atoms with Crippen molar-refractivity contribution >= 4 is 17.6 Å². The van der Waals surface area contributed by atoms with Gasteiger partial charge in [-0.05, 0) is 35.9 Å².